The zero-order valence-electron chi connectivity index (χ0n) is 20.5. The minimum Gasteiger partial charge on any atom is -0.395 e. The molecule has 8 nitrogen and oxygen atoms in total. The molecule has 8 heteroatoms. The van der Waals surface area contributed by atoms with Gasteiger partial charge in [-0.3, -0.25) is 0 Å². The summed E-state index contributed by atoms with van der Waals surface area (Å²) in [6, 6.07) is 9.92. The Hall–Kier alpha value is -2.96. The molecule has 35 heavy (non-hydrogen) atoms. The second kappa shape index (κ2) is 9.96. The Kier molecular flexibility index (Phi) is 6.76. The molecule has 5 rings (SSSR count). The van der Waals surface area contributed by atoms with Crippen LogP contribution in [0.2, 0.25) is 0 Å². The third-order valence-electron chi connectivity index (χ3n) is 7.05. The third-order valence-corrected chi connectivity index (χ3v) is 7.05. The summed E-state index contributed by atoms with van der Waals surface area (Å²) in [5, 5.41) is 23.6. The number of aliphatic hydroxyl groups excluding tert-OH is 2. The maximum atomic E-state index is 10.1. The molecule has 1 saturated heterocycles. The predicted molar refractivity (Wildman–Crippen MR) is 132 cm³/mol. The highest BCUT2D eigenvalue weighted by molar-refractivity contribution is 5.59. The Morgan fingerprint density at radius 2 is 1.94 bits per heavy atom. The Morgan fingerprint density at radius 1 is 1.20 bits per heavy atom. The van der Waals surface area contributed by atoms with Crippen molar-refractivity contribution in [2.24, 2.45) is 17.8 Å². The Labute approximate surface area is 206 Å². The fourth-order valence-corrected chi connectivity index (χ4v) is 5.20. The predicted octanol–water partition coefficient (Wildman–Crippen LogP) is 2.26. The van der Waals surface area contributed by atoms with E-state index in [4.69, 9.17) is 9.63 Å². The molecule has 1 aromatic carbocycles. The van der Waals surface area contributed by atoms with Crippen molar-refractivity contribution in [2.45, 2.75) is 19.1 Å². The van der Waals surface area contributed by atoms with Gasteiger partial charge in [0.25, 0.3) is 0 Å². The van der Waals surface area contributed by atoms with Crippen LogP contribution in [0.25, 0.3) is 11.3 Å². The van der Waals surface area contributed by atoms with E-state index in [2.05, 4.69) is 31.8 Å². The number of β-amino-alcohol motifs (C(OH)–C–C–N with tert-alkyl or cyclic N) is 1. The molecular weight excluding hydrogens is 442 g/mol. The van der Waals surface area contributed by atoms with E-state index in [0.717, 1.165) is 36.5 Å². The lowest BCUT2D eigenvalue weighted by molar-refractivity contribution is 0.179. The van der Waals surface area contributed by atoms with Crippen LogP contribution in [-0.2, 0) is 0 Å². The highest BCUT2D eigenvalue weighted by Crippen LogP contribution is 2.51. The van der Waals surface area contributed by atoms with Crippen molar-refractivity contribution in [3.63, 3.8) is 0 Å². The van der Waals surface area contributed by atoms with E-state index in [-0.39, 0.29) is 12.6 Å². The van der Waals surface area contributed by atoms with Gasteiger partial charge < -0.3 is 29.1 Å². The highest BCUT2D eigenvalue weighted by Gasteiger charge is 2.54. The molecule has 0 spiro atoms. The first-order valence-electron chi connectivity index (χ1n) is 12.2. The monoisotopic (exact) mass is 475 g/mol. The Bertz CT molecular complexity index is 1190. The highest BCUT2D eigenvalue weighted by atomic mass is 16.5. The standard InChI is InChI=1S/C27H33N5O3/c1-18(34)27-28-10-11-32(27)25(17-30(2)3)24-14-26(35-29-24)20-7-4-19(5-8-20)6-9-21-22-15-31(12-13-33)16-23(21)22/h4-5,7-8,10-11,14,18,21-23,25,33-34H,12-13,15-17H2,1-3H3/t18-,21-,22-,23+,25+/m0/s1. The largest absolute Gasteiger partial charge is 0.395 e. The van der Waals surface area contributed by atoms with E-state index in [0.29, 0.717) is 35.9 Å². The molecule has 5 atom stereocenters. The molecule has 0 amide bonds. The van der Waals surface area contributed by atoms with Crippen LogP contribution in [-0.4, -0.2) is 81.6 Å². The van der Waals surface area contributed by atoms with Crippen LogP contribution in [0, 0.1) is 29.6 Å². The van der Waals surface area contributed by atoms with E-state index in [1.54, 1.807) is 13.1 Å². The number of aromatic nitrogens is 3. The smallest absolute Gasteiger partial charge is 0.167 e. The van der Waals surface area contributed by atoms with Crippen molar-refractivity contribution in [3.8, 4) is 23.2 Å². The first-order valence-corrected chi connectivity index (χ1v) is 12.2. The number of rotatable bonds is 8. The fraction of sp³-hybridized carbons (Fsp3) is 0.481. The summed E-state index contributed by atoms with van der Waals surface area (Å²) in [5.74, 6) is 9.92. The first kappa shape index (κ1) is 23.8. The average molecular weight is 476 g/mol. The SMILES string of the molecule is C[C@H](O)c1nccn1[C@H](CN(C)C)c1cc(-c2ccc(C#C[C@@H]3[C@H]4CN(CCO)C[C@@H]34)cc2)on1. The maximum Gasteiger partial charge on any atom is 0.167 e. The molecule has 2 N–H and O–H groups in total. The zero-order chi connectivity index (χ0) is 24.5. The molecule has 184 valence electrons. The number of aliphatic hydroxyl groups is 2. The summed E-state index contributed by atoms with van der Waals surface area (Å²) >= 11 is 0. The van der Waals surface area contributed by atoms with Gasteiger partial charge in [0.15, 0.2) is 5.76 Å². The summed E-state index contributed by atoms with van der Waals surface area (Å²) < 4.78 is 7.68. The Morgan fingerprint density at radius 3 is 2.60 bits per heavy atom. The second-order valence-electron chi connectivity index (χ2n) is 9.95. The van der Waals surface area contributed by atoms with Crippen LogP contribution in [0.1, 0.15) is 36.2 Å². The second-order valence-corrected chi connectivity index (χ2v) is 9.95. The summed E-state index contributed by atoms with van der Waals surface area (Å²) in [7, 11) is 4.01. The molecule has 1 saturated carbocycles. The molecule has 1 aliphatic heterocycles. The van der Waals surface area contributed by atoms with Crippen molar-refractivity contribution in [1.82, 2.24) is 24.5 Å². The minimum atomic E-state index is -0.677. The molecule has 3 aromatic rings. The molecule has 3 heterocycles. The van der Waals surface area contributed by atoms with Crippen molar-refractivity contribution in [1.29, 1.82) is 0 Å². The van der Waals surface area contributed by atoms with E-state index in [1.807, 2.05) is 55.2 Å². The van der Waals surface area contributed by atoms with Crippen LogP contribution < -0.4 is 0 Å². The molecule has 0 unspecified atom stereocenters. The van der Waals surface area contributed by atoms with Gasteiger partial charge in [0.1, 0.15) is 17.6 Å². The van der Waals surface area contributed by atoms with Crippen molar-refractivity contribution in [3.05, 3.63) is 59.8 Å². The van der Waals surface area contributed by atoms with Crippen LogP contribution in [0.3, 0.4) is 0 Å². The quantitative estimate of drug-likeness (QED) is 0.483. The number of likely N-dealkylation sites (tertiary alicyclic amines) is 1. The van der Waals surface area contributed by atoms with Crippen molar-refractivity contribution in [2.75, 3.05) is 46.9 Å². The van der Waals surface area contributed by atoms with Crippen LogP contribution in [0.5, 0.6) is 0 Å². The lowest BCUT2D eigenvalue weighted by atomic mass is 10.1. The van der Waals surface area contributed by atoms with Gasteiger partial charge in [-0.2, -0.15) is 0 Å². The molecule has 2 fully saturated rings. The lowest BCUT2D eigenvalue weighted by Gasteiger charge is -2.23. The van der Waals surface area contributed by atoms with Gasteiger partial charge in [0.05, 0.1) is 12.6 Å². The number of likely N-dealkylation sites (N-methyl/N-ethyl adjacent to an activating group) is 1. The van der Waals surface area contributed by atoms with Crippen LogP contribution in [0.4, 0.5) is 0 Å². The summed E-state index contributed by atoms with van der Waals surface area (Å²) in [6.45, 7) is 5.53. The molecule has 0 radical (unpaired) electrons. The number of hydrogen-bond acceptors (Lipinski definition) is 7. The van der Waals surface area contributed by atoms with E-state index in [1.165, 1.54) is 0 Å². The lowest BCUT2D eigenvalue weighted by Crippen LogP contribution is -2.27. The maximum absolute atomic E-state index is 10.1. The first-order chi connectivity index (χ1) is 16.9. The fourth-order valence-electron chi connectivity index (χ4n) is 5.20. The van der Waals surface area contributed by atoms with Gasteiger partial charge in [-0.15, -0.1) is 0 Å². The number of fused-ring (bicyclic) bond motifs is 1. The summed E-state index contributed by atoms with van der Waals surface area (Å²) in [6.07, 6.45) is 2.89. The van der Waals surface area contributed by atoms with E-state index in [9.17, 15) is 5.11 Å². The number of piperidine rings is 1. The van der Waals surface area contributed by atoms with Gasteiger partial charge in [0, 0.05) is 61.7 Å². The zero-order valence-corrected chi connectivity index (χ0v) is 20.5. The van der Waals surface area contributed by atoms with Crippen LogP contribution in [0.15, 0.2) is 47.2 Å². The van der Waals surface area contributed by atoms with Gasteiger partial charge >= 0.3 is 0 Å². The molecule has 0 bridgehead atoms. The van der Waals surface area contributed by atoms with E-state index < -0.39 is 6.10 Å². The van der Waals surface area contributed by atoms with E-state index >= 15 is 0 Å². The van der Waals surface area contributed by atoms with Crippen molar-refractivity contribution < 1.29 is 14.7 Å². The Balaban J connectivity index is 1.28. The number of nitrogens with zero attached hydrogens (tertiary/aromatic N) is 5. The molecule has 2 aliphatic rings. The van der Waals surface area contributed by atoms with Crippen molar-refractivity contribution >= 4 is 0 Å². The normalized spacial score (nSPS) is 23.1. The van der Waals surface area contributed by atoms with Gasteiger partial charge in [-0.1, -0.05) is 17.0 Å². The minimum absolute atomic E-state index is 0.133. The van der Waals surface area contributed by atoms with Gasteiger partial charge in [-0.05, 0) is 57.1 Å². The van der Waals surface area contributed by atoms with Gasteiger partial charge in [-0.25, -0.2) is 4.98 Å². The summed E-state index contributed by atoms with van der Waals surface area (Å²) in [4.78, 5) is 8.73. The van der Waals surface area contributed by atoms with Crippen LogP contribution >= 0.6 is 0 Å². The number of imidazole rings is 1. The molecular formula is C27H33N5O3. The third kappa shape index (κ3) is 5.04. The molecule has 1 aliphatic carbocycles. The van der Waals surface area contributed by atoms with Gasteiger partial charge in [0.2, 0.25) is 0 Å². The molecule has 2 aromatic heterocycles. The topological polar surface area (TPSA) is 90.8 Å². The average Bonchev–Trinajstić information content (AvgIpc) is 3.34. The summed E-state index contributed by atoms with van der Waals surface area (Å²) in [5.41, 5.74) is 2.73. The number of hydrogen-bond donors (Lipinski definition) is 2. The number of benzene rings is 1.